The number of fused-ring (bicyclic) bond motifs is 1. The first-order valence-electron chi connectivity index (χ1n) is 8.66. The van der Waals surface area contributed by atoms with Crippen LogP contribution >= 0.6 is 0 Å². The molecule has 1 aliphatic carbocycles. The third-order valence-corrected chi connectivity index (χ3v) is 5.19. The molecule has 1 saturated carbocycles. The van der Waals surface area contributed by atoms with Gasteiger partial charge in [0, 0.05) is 32.1 Å². The monoisotopic (exact) mass is 330 g/mol. The molecule has 1 aromatic rings. The van der Waals surface area contributed by atoms with Gasteiger partial charge in [0.25, 0.3) is 0 Å². The SMILES string of the molecule is O=C(Cc1ccc2c(c1)OCO2)N1CCN(C(=O)C2CCC2)CC1. The quantitative estimate of drug-likeness (QED) is 0.841. The van der Waals surface area contributed by atoms with Crippen LogP contribution < -0.4 is 9.47 Å². The third kappa shape index (κ3) is 2.92. The molecule has 0 aromatic heterocycles. The third-order valence-electron chi connectivity index (χ3n) is 5.19. The van der Waals surface area contributed by atoms with E-state index in [0.29, 0.717) is 38.3 Å². The fraction of sp³-hybridized carbons (Fsp3) is 0.556. The van der Waals surface area contributed by atoms with E-state index in [1.807, 2.05) is 28.0 Å². The average molecular weight is 330 g/mol. The zero-order valence-corrected chi connectivity index (χ0v) is 13.7. The lowest BCUT2D eigenvalue weighted by Crippen LogP contribution is -2.52. The van der Waals surface area contributed by atoms with E-state index in [2.05, 4.69) is 0 Å². The number of rotatable bonds is 3. The molecule has 3 aliphatic rings. The number of ether oxygens (including phenoxy) is 2. The number of amides is 2. The Labute approximate surface area is 141 Å². The van der Waals surface area contributed by atoms with Crippen molar-refractivity contribution in [3.8, 4) is 11.5 Å². The van der Waals surface area contributed by atoms with E-state index in [9.17, 15) is 9.59 Å². The minimum atomic E-state index is 0.101. The smallest absolute Gasteiger partial charge is 0.231 e. The highest BCUT2D eigenvalue weighted by molar-refractivity contribution is 5.81. The van der Waals surface area contributed by atoms with E-state index in [1.54, 1.807) is 0 Å². The van der Waals surface area contributed by atoms with Gasteiger partial charge in [-0.25, -0.2) is 0 Å². The van der Waals surface area contributed by atoms with Gasteiger partial charge >= 0.3 is 0 Å². The van der Waals surface area contributed by atoms with Crippen LogP contribution in [-0.2, 0) is 16.0 Å². The Bertz CT molecular complexity index is 648. The summed E-state index contributed by atoms with van der Waals surface area (Å²) in [5.74, 6) is 2.06. The summed E-state index contributed by atoms with van der Waals surface area (Å²) < 4.78 is 10.6. The lowest BCUT2D eigenvalue weighted by molar-refractivity contribution is -0.143. The van der Waals surface area contributed by atoms with E-state index in [4.69, 9.17) is 9.47 Å². The van der Waals surface area contributed by atoms with Crippen LogP contribution in [0, 0.1) is 5.92 Å². The molecule has 6 nitrogen and oxygen atoms in total. The zero-order valence-electron chi connectivity index (χ0n) is 13.7. The average Bonchev–Trinajstić information content (AvgIpc) is 3.01. The van der Waals surface area contributed by atoms with Gasteiger partial charge in [0.05, 0.1) is 6.42 Å². The van der Waals surface area contributed by atoms with E-state index < -0.39 is 0 Å². The minimum absolute atomic E-state index is 0.101. The van der Waals surface area contributed by atoms with Crippen LogP contribution in [0.1, 0.15) is 24.8 Å². The summed E-state index contributed by atoms with van der Waals surface area (Å²) >= 11 is 0. The molecule has 1 saturated heterocycles. The number of piperazine rings is 1. The fourth-order valence-electron chi connectivity index (χ4n) is 3.43. The maximum atomic E-state index is 12.5. The Morgan fingerprint density at radius 3 is 2.42 bits per heavy atom. The maximum absolute atomic E-state index is 12.5. The normalized spacial score (nSPS) is 20.0. The highest BCUT2D eigenvalue weighted by Gasteiger charge is 2.32. The van der Waals surface area contributed by atoms with Crippen LogP contribution in [0.15, 0.2) is 18.2 Å². The number of carbonyl (C=O) groups excluding carboxylic acids is 2. The maximum Gasteiger partial charge on any atom is 0.231 e. The van der Waals surface area contributed by atoms with Gasteiger partial charge < -0.3 is 19.3 Å². The van der Waals surface area contributed by atoms with Crippen molar-refractivity contribution in [1.29, 1.82) is 0 Å². The molecular formula is C18H22N2O4. The molecule has 0 N–H and O–H groups in total. The Kier molecular flexibility index (Phi) is 4.04. The van der Waals surface area contributed by atoms with Crippen LogP contribution in [0.5, 0.6) is 11.5 Å². The van der Waals surface area contributed by atoms with Crippen molar-refractivity contribution in [2.75, 3.05) is 33.0 Å². The number of hydrogen-bond donors (Lipinski definition) is 0. The molecule has 128 valence electrons. The van der Waals surface area contributed by atoms with Crippen molar-refractivity contribution in [2.45, 2.75) is 25.7 Å². The van der Waals surface area contributed by atoms with Crippen molar-refractivity contribution in [2.24, 2.45) is 5.92 Å². The predicted molar refractivity (Wildman–Crippen MR) is 86.8 cm³/mol. The number of hydrogen-bond acceptors (Lipinski definition) is 4. The van der Waals surface area contributed by atoms with E-state index >= 15 is 0 Å². The summed E-state index contributed by atoms with van der Waals surface area (Å²) in [5, 5.41) is 0. The molecular weight excluding hydrogens is 308 g/mol. The minimum Gasteiger partial charge on any atom is -0.454 e. The van der Waals surface area contributed by atoms with E-state index in [1.165, 1.54) is 6.42 Å². The molecule has 2 aliphatic heterocycles. The van der Waals surface area contributed by atoms with Gasteiger partial charge in [-0.15, -0.1) is 0 Å². The van der Waals surface area contributed by atoms with Crippen LogP contribution in [0.2, 0.25) is 0 Å². The lowest BCUT2D eigenvalue weighted by atomic mass is 9.84. The second kappa shape index (κ2) is 6.34. The molecule has 0 unspecified atom stereocenters. The Morgan fingerprint density at radius 1 is 1.00 bits per heavy atom. The van der Waals surface area contributed by atoms with Crippen molar-refractivity contribution in [3.05, 3.63) is 23.8 Å². The number of carbonyl (C=O) groups is 2. The topological polar surface area (TPSA) is 59.1 Å². The van der Waals surface area contributed by atoms with Gasteiger partial charge in [0.2, 0.25) is 18.6 Å². The Morgan fingerprint density at radius 2 is 1.71 bits per heavy atom. The molecule has 6 heteroatoms. The molecule has 4 rings (SSSR count). The summed E-state index contributed by atoms with van der Waals surface area (Å²) in [5.41, 5.74) is 0.928. The highest BCUT2D eigenvalue weighted by atomic mass is 16.7. The van der Waals surface area contributed by atoms with Crippen molar-refractivity contribution in [1.82, 2.24) is 9.80 Å². The first-order valence-corrected chi connectivity index (χ1v) is 8.66. The van der Waals surface area contributed by atoms with Gasteiger partial charge in [-0.05, 0) is 30.5 Å². The fourth-order valence-corrected chi connectivity index (χ4v) is 3.43. The molecule has 24 heavy (non-hydrogen) atoms. The van der Waals surface area contributed by atoms with E-state index in [-0.39, 0.29) is 24.5 Å². The van der Waals surface area contributed by atoms with Crippen LogP contribution in [0.4, 0.5) is 0 Å². The van der Waals surface area contributed by atoms with Crippen LogP contribution in [-0.4, -0.2) is 54.6 Å². The van der Waals surface area contributed by atoms with Gasteiger partial charge in [-0.2, -0.15) is 0 Å². The molecule has 1 aromatic carbocycles. The summed E-state index contributed by atoms with van der Waals surface area (Å²) in [6.07, 6.45) is 3.59. The van der Waals surface area contributed by atoms with Crippen LogP contribution in [0.3, 0.4) is 0 Å². The molecule has 0 radical (unpaired) electrons. The summed E-state index contributed by atoms with van der Waals surface area (Å²) in [7, 11) is 0. The predicted octanol–water partition coefficient (Wildman–Crippen LogP) is 1.43. The van der Waals surface area contributed by atoms with Gasteiger partial charge in [-0.1, -0.05) is 12.5 Å². The molecule has 0 spiro atoms. The van der Waals surface area contributed by atoms with E-state index in [0.717, 1.165) is 24.2 Å². The Balaban J connectivity index is 1.30. The van der Waals surface area contributed by atoms with Crippen LogP contribution in [0.25, 0.3) is 0 Å². The summed E-state index contributed by atoms with van der Waals surface area (Å²) in [6, 6.07) is 5.62. The summed E-state index contributed by atoms with van der Waals surface area (Å²) in [6.45, 7) is 2.80. The molecule has 0 bridgehead atoms. The van der Waals surface area contributed by atoms with Gasteiger partial charge in [0.1, 0.15) is 0 Å². The van der Waals surface area contributed by atoms with Gasteiger partial charge in [0.15, 0.2) is 11.5 Å². The van der Waals surface area contributed by atoms with Crippen molar-refractivity contribution < 1.29 is 19.1 Å². The lowest BCUT2D eigenvalue weighted by Gasteiger charge is -2.38. The van der Waals surface area contributed by atoms with Crippen molar-refractivity contribution in [3.63, 3.8) is 0 Å². The largest absolute Gasteiger partial charge is 0.454 e. The standard InChI is InChI=1S/C18H22N2O4/c21-17(11-13-4-5-15-16(10-13)24-12-23-15)19-6-8-20(9-7-19)18(22)14-2-1-3-14/h4-5,10,14H,1-3,6-9,11-12H2. The first kappa shape index (κ1) is 15.3. The van der Waals surface area contributed by atoms with Gasteiger partial charge in [-0.3, -0.25) is 9.59 Å². The second-order valence-corrected chi connectivity index (χ2v) is 6.70. The Hall–Kier alpha value is -2.24. The first-order chi connectivity index (χ1) is 11.7. The number of nitrogens with zero attached hydrogens (tertiary/aromatic N) is 2. The molecule has 2 amide bonds. The summed E-state index contributed by atoms with van der Waals surface area (Å²) in [4.78, 5) is 28.5. The van der Waals surface area contributed by atoms with Crippen molar-refractivity contribution >= 4 is 11.8 Å². The second-order valence-electron chi connectivity index (χ2n) is 6.70. The molecule has 0 atom stereocenters. The highest BCUT2D eigenvalue weighted by Crippen LogP contribution is 2.32. The molecule has 2 heterocycles. The number of benzene rings is 1. The molecule has 2 fully saturated rings. The zero-order chi connectivity index (χ0) is 16.5.